The molecule has 0 amide bonds. The molecule has 0 N–H and O–H groups in total. The Morgan fingerprint density at radius 1 is 1.08 bits per heavy atom. The zero-order chi connectivity index (χ0) is 17.6. The summed E-state index contributed by atoms with van der Waals surface area (Å²) in [5.41, 5.74) is 3.81. The van der Waals surface area contributed by atoms with Gasteiger partial charge in [-0.2, -0.15) is 0 Å². The molecule has 3 nitrogen and oxygen atoms in total. The summed E-state index contributed by atoms with van der Waals surface area (Å²) in [5.74, 6) is 1.39. The maximum absolute atomic E-state index is 12.6. The van der Waals surface area contributed by atoms with Crippen molar-refractivity contribution < 1.29 is 9.53 Å². The molecule has 0 atom stereocenters. The van der Waals surface area contributed by atoms with Crippen molar-refractivity contribution in [1.29, 1.82) is 0 Å². The van der Waals surface area contributed by atoms with Crippen molar-refractivity contribution in [1.82, 2.24) is 0 Å². The van der Waals surface area contributed by atoms with Crippen LogP contribution in [0.15, 0.2) is 48.5 Å². The van der Waals surface area contributed by atoms with Crippen LogP contribution in [0.25, 0.3) is 0 Å². The van der Waals surface area contributed by atoms with E-state index >= 15 is 0 Å². The summed E-state index contributed by atoms with van der Waals surface area (Å²) >= 11 is 0. The molecule has 1 saturated heterocycles. The number of piperidine rings is 1. The molecule has 25 heavy (non-hydrogen) atoms. The first-order chi connectivity index (χ1) is 12.2. The van der Waals surface area contributed by atoms with E-state index < -0.39 is 0 Å². The maximum Gasteiger partial charge on any atom is 0.140 e. The number of Topliss-reactive ketones (excluding diaryl/α,β-unsaturated/α-hetero) is 1. The molecule has 0 spiro atoms. The number of para-hydroxylation sites is 1. The standard InChI is InChI=1S/C22H27NO2/c1-3-18-6-4-5-7-21(18)23-14-12-19(13-15-23)22(24)16-17-8-10-20(25-2)11-9-17/h4-11,19H,3,12-16H2,1-2H3. The molecule has 132 valence electrons. The molecule has 1 aliphatic heterocycles. The normalized spacial score (nSPS) is 15.2. The molecule has 1 heterocycles. The zero-order valence-electron chi connectivity index (χ0n) is 15.2. The number of ketones is 1. The van der Waals surface area contributed by atoms with E-state index in [1.165, 1.54) is 11.3 Å². The molecular formula is C22H27NO2. The smallest absolute Gasteiger partial charge is 0.140 e. The van der Waals surface area contributed by atoms with E-state index in [1.54, 1.807) is 7.11 Å². The molecule has 0 unspecified atom stereocenters. The summed E-state index contributed by atoms with van der Waals surface area (Å²) < 4.78 is 5.17. The van der Waals surface area contributed by atoms with Crippen LogP contribution in [-0.2, 0) is 17.6 Å². The van der Waals surface area contributed by atoms with Crippen molar-refractivity contribution in [2.24, 2.45) is 5.92 Å². The van der Waals surface area contributed by atoms with E-state index in [9.17, 15) is 4.79 Å². The summed E-state index contributed by atoms with van der Waals surface area (Å²) in [6.45, 7) is 4.13. The summed E-state index contributed by atoms with van der Waals surface area (Å²) in [5, 5.41) is 0. The average molecular weight is 337 g/mol. The van der Waals surface area contributed by atoms with E-state index in [2.05, 4.69) is 36.1 Å². The minimum atomic E-state index is 0.187. The van der Waals surface area contributed by atoms with Gasteiger partial charge in [-0.3, -0.25) is 4.79 Å². The third-order valence-corrected chi connectivity index (χ3v) is 5.20. The van der Waals surface area contributed by atoms with Crippen LogP contribution in [0.3, 0.4) is 0 Å². The molecular weight excluding hydrogens is 310 g/mol. The monoisotopic (exact) mass is 337 g/mol. The van der Waals surface area contributed by atoms with Gasteiger partial charge < -0.3 is 9.64 Å². The van der Waals surface area contributed by atoms with Crippen LogP contribution in [-0.4, -0.2) is 26.0 Å². The molecule has 0 aromatic heterocycles. The molecule has 1 aliphatic rings. The Kier molecular flexibility index (Phi) is 5.75. The fourth-order valence-corrected chi connectivity index (χ4v) is 3.65. The summed E-state index contributed by atoms with van der Waals surface area (Å²) in [4.78, 5) is 15.1. The second-order valence-corrected chi connectivity index (χ2v) is 6.73. The van der Waals surface area contributed by atoms with Gasteiger partial charge in [-0.1, -0.05) is 37.3 Å². The van der Waals surface area contributed by atoms with Gasteiger partial charge in [0.2, 0.25) is 0 Å². The van der Waals surface area contributed by atoms with Crippen LogP contribution < -0.4 is 9.64 Å². The van der Waals surface area contributed by atoms with Gasteiger partial charge in [-0.05, 0) is 48.6 Å². The SMILES string of the molecule is CCc1ccccc1N1CCC(C(=O)Cc2ccc(OC)cc2)CC1. The molecule has 0 radical (unpaired) electrons. The topological polar surface area (TPSA) is 29.5 Å². The van der Waals surface area contributed by atoms with Crippen LogP contribution in [0.1, 0.15) is 30.9 Å². The zero-order valence-corrected chi connectivity index (χ0v) is 15.2. The van der Waals surface area contributed by atoms with Gasteiger partial charge in [0.15, 0.2) is 0 Å². The molecule has 3 rings (SSSR count). The lowest BCUT2D eigenvalue weighted by Gasteiger charge is -2.34. The van der Waals surface area contributed by atoms with E-state index in [0.717, 1.165) is 43.7 Å². The highest BCUT2D eigenvalue weighted by Gasteiger charge is 2.25. The molecule has 2 aromatic carbocycles. The van der Waals surface area contributed by atoms with E-state index in [4.69, 9.17) is 4.74 Å². The van der Waals surface area contributed by atoms with Gasteiger partial charge in [-0.15, -0.1) is 0 Å². The number of hydrogen-bond acceptors (Lipinski definition) is 3. The van der Waals surface area contributed by atoms with Crippen molar-refractivity contribution in [3.8, 4) is 5.75 Å². The second-order valence-electron chi connectivity index (χ2n) is 6.73. The second kappa shape index (κ2) is 8.19. The maximum atomic E-state index is 12.6. The number of aryl methyl sites for hydroxylation is 1. The van der Waals surface area contributed by atoms with Crippen molar-refractivity contribution in [3.05, 3.63) is 59.7 Å². The van der Waals surface area contributed by atoms with Crippen molar-refractivity contribution >= 4 is 11.5 Å². The Balaban J connectivity index is 1.57. The van der Waals surface area contributed by atoms with Gasteiger partial charge in [-0.25, -0.2) is 0 Å². The van der Waals surface area contributed by atoms with Gasteiger partial charge in [0.05, 0.1) is 7.11 Å². The minimum absolute atomic E-state index is 0.187. The summed E-state index contributed by atoms with van der Waals surface area (Å²) in [6.07, 6.45) is 3.48. The fraction of sp³-hybridized carbons (Fsp3) is 0.409. The van der Waals surface area contributed by atoms with Gasteiger partial charge in [0.25, 0.3) is 0 Å². The lowest BCUT2D eigenvalue weighted by molar-refractivity contribution is -0.122. The lowest BCUT2D eigenvalue weighted by atomic mass is 9.89. The van der Waals surface area contributed by atoms with Gasteiger partial charge in [0, 0.05) is 31.1 Å². The Morgan fingerprint density at radius 3 is 2.40 bits per heavy atom. The quantitative estimate of drug-likeness (QED) is 0.788. The Labute approximate surface area is 150 Å². The number of nitrogens with zero attached hydrogens (tertiary/aromatic N) is 1. The average Bonchev–Trinajstić information content (AvgIpc) is 2.68. The predicted octanol–water partition coefficient (Wildman–Crippen LogP) is 4.29. The molecule has 0 bridgehead atoms. The van der Waals surface area contributed by atoms with Crippen LogP contribution in [0.4, 0.5) is 5.69 Å². The van der Waals surface area contributed by atoms with Gasteiger partial charge >= 0.3 is 0 Å². The number of benzene rings is 2. The van der Waals surface area contributed by atoms with Crippen LogP contribution in [0, 0.1) is 5.92 Å². The molecule has 3 heteroatoms. The van der Waals surface area contributed by atoms with Crippen LogP contribution in [0.2, 0.25) is 0 Å². The predicted molar refractivity (Wildman–Crippen MR) is 102 cm³/mol. The number of anilines is 1. The molecule has 0 saturated carbocycles. The van der Waals surface area contributed by atoms with Crippen LogP contribution >= 0.6 is 0 Å². The Hall–Kier alpha value is -2.29. The first-order valence-corrected chi connectivity index (χ1v) is 9.19. The molecule has 2 aromatic rings. The highest BCUT2D eigenvalue weighted by Crippen LogP contribution is 2.27. The number of carbonyl (C=O) groups is 1. The first kappa shape index (κ1) is 17.5. The van der Waals surface area contributed by atoms with E-state index in [-0.39, 0.29) is 5.92 Å². The molecule has 0 aliphatic carbocycles. The molecule has 1 fully saturated rings. The Morgan fingerprint density at radius 2 is 1.76 bits per heavy atom. The number of rotatable bonds is 6. The summed E-state index contributed by atoms with van der Waals surface area (Å²) in [6, 6.07) is 16.4. The number of ether oxygens (including phenoxy) is 1. The van der Waals surface area contributed by atoms with Crippen LogP contribution in [0.5, 0.6) is 5.75 Å². The first-order valence-electron chi connectivity index (χ1n) is 9.19. The van der Waals surface area contributed by atoms with Crippen molar-refractivity contribution in [2.45, 2.75) is 32.6 Å². The lowest BCUT2D eigenvalue weighted by Crippen LogP contribution is -2.37. The van der Waals surface area contributed by atoms with E-state index in [0.29, 0.717) is 12.2 Å². The third-order valence-electron chi connectivity index (χ3n) is 5.20. The van der Waals surface area contributed by atoms with Crippen molar-refractivity contribution in [3.63, 3.8) is 0 Å². The fourth-order valence-electron chi connectivity index (χ4n) is 3.65. The summed E-state index contributed by atoms with van der Waals surface area (Å²) in [7, 11) is 1.66. The number of hydrogen-bond donors (Lipinski definition) is 0. The van der Waals surface area contributed by atoms with Gasteiger partial charge in [0.1, 0.15) is 11.5 Å². The Bertz CT molecular complexity index is 700. The highest BCUT2D eigenvalue weighted by molar-refractivity contribution is 5.83. The third kappa shape index (κ3) is 4.22. The minimum Gasteiger partial charge on any atom is -0.497 e. The van der Waals surface area contributed by atoms with Crippen molar-refractivity contribution in [2.75, 3.05) is 25.1 Å². The largest absolute Gasteiger partial charge is 0.497 e. The number of carbonyl (C=O) groups excluding carboxylic acids is 1. The van der Waals surface area contributed by atoms with E-state index in [1.807, 2.05) is 24.3 Å². The highest BCUT2D eigenvalue weighted by atomic mass is 16.5. The number of methoxy groups -OCH3 is 1.